The second-order valence-corrected chi connectivity index (χ2v) is 9.09. The van der Waals surface area contributed by atoms with Crippen molar-refractivity contribution in [3.05, 3.63) is 151 Å². The van der Waals surface area contributed by atoms with Gasteiger partial charge in [0.25, 0.3) is 0 Å². The zero-order valence-corrected chi connectivity index (χ0v) is 21.1. The molecular weight excluding hydrogens is 478 g/mol. The molecule has 2 aromatic heterocycles. The summed E-state index contributed by atoms with van der Waals surface area (Å²) in [7, 11) is 0. The van der Waals surface area contributed by atoms with Crippen LogP contribution in [-0.4, -0.2) is 21.4 Å². The molecule has 0 saturated heterocycles. The fourth-order valence-electron chi connectivity index (χ4n) is 4.47. The summed E-state index contributed by atoms with van der Waals surface area (Å²) in [6.07, 6.45) is 7.62. The van der Waals surface area contributed by atoms with Crippen LogP contribution in [0.25, 0.3) is 33.7 Å². The number of hydrogen-bond acceptors (Lipinski definition) is 5. The van der Waals surface area contributed by atoms with Crippen LogP contribution in [0.2, 0.25) is 0 Å². The average molecular weight is 504 g/mol. The number of hydrazone groups is 1. The maximum atomic E-state index is 9.02. The van der Waals surface area contributed by atoms with Gasteiger partial charge in [0, 0.05) is 29.1 Å². The lowest BCUT2D eigenvalue weighted by Gasteiger charge is -2.18. The molecular formula is C34H25N5. The van der Waals surface area contributed by atoms with Crippen molar-refractivity contribution >= 4 is 28.3 Å². The number of pyridine rings is 2. The molecule has 5 nitrogen and oxygen atoms in total. The van der Waals surface area contributed by atoms with Gasteiger partial charge in [-0.05, 0) is 65.3 Å². The number of benzene rings is 3. The Morgan fingerprint density at radius 2 is 1.08 bits per heavy atom. The second kappa shape index (κ2) is 10.9. The predicted octanol–water partition coefficient (Wildman–Crippen LogP) is 7.78. The minimum Gasteiger partial charge on any atom is -0.298 e. The lowest BCUT2D eigenvalue weighted by atomic mass is 9.87. The summed E-state index contributed by atoms with van der Waals surface area (Å²) in [5.41, 5.74) is 12.6. The molecule has 5 heteroatoms. The monoisotopic (exact) mass is 503 g/mol. The van der Waals surface area contributed by atoms with Crippen molar-refractivity contribution in [2.45, 2.75) is 0 Å². The number of allylic oxidation sites excluding steroid dienone is 4. The third-order valence-electron chi connectivity index (χ3n) is 6.53. The van der Waals surface area contributed by atoms with Gasteiger partial charge < -0.3 is 0 Å². The summed E-state index contributed by atoms with van der Waals surface area (Å²) < 4.78 is 0. The summed E-state index contributed by atoms with van der Waals surface area (Å²) >= 11 is 0. The van der Waals surface area contributed by atoms with Gasteiger partial charge in [0.2, 0.25) is 0 Å². The van der Waals surface area contributed by atoms with Gasteiger partial charge in [-0.3, -0.25) is 20.8 Å². The molecule has 3 aromatic carbocycles. The molecule has 0 fully saturated rings. The maximum Gasteiger partial charge on any atom is 0.109 e. The molecule has 0 spiro atoms. The fraction of sp³-hybridized carbons (Fsp3) is 0. The van der Waals surface area contributed by atoms with Crippen molar-refractivity contribution < 1.29 is 0 Å². The predicted molar refractivity (Wildman–Crippen MR) is 161 cm³/mol. The van der Waals surface area contributed by atoms with Gasteiger partial charge >= 0.3 is 0 Å². The quantitative estimate of drug-likeness (QED) is 0.184. The topological polar surface area (TPSA) is 74.0 Å². The van der Waals surface area contributed by atoms with Crippen LogP contribution in [0.15, 0.2) is 145 Å². The first-order valence-electron chi connectivity index (χ1n) is 12.7. The van der Waals surface area contributed by atoms with E-state index in [0.717, 1.165) is 50.5 Å². The molecule has 1 aliphatic carbocycles. The van der Waals surface area contributed by atoms with Crippen molar-refractivity contribution in [1.82, 2.24) is 9.97 Å². The van der Waals surface area contributed by atoms with Crippen molar-refractivity contribution in [1.29, 1.82) is 5.41 Å². The summed E-state index contributed by atoms with van der Waals surface area (Å²) in [6, 6.07) is 38.1. The molecule has 2 heterocycles. The van der Waals surface area contributed by atoms with E-state index in [1.54, 1.807) is 12.4 Å². The van der Waals surface area contributed by atoms with E-state index in [0.29, 0.717) is 11.4 Å². The van der Waals surface area contributed by atoms with E-state index >= 15 is 0 Å². The Morgan fingerprint density at radius 3 is 1.64 bits per heavy atom. The number of nitrogens with one attached hydrogen (secondary N) is 2. The summed E-state index contributed by atoms with van der Waals surface area (Å²) in [5, 5.41) is 13.6. The third kappa shape index (κ3) is 5.33. The summed E-state index contributed by atoms with van der Waals surface area (Å²) in [6.45, 7) is 0. The smallest absolute Gasteiger partial charge is 0.109 e. The third-order valence-corrected chi connectivity index (χ3v) is 6.53. The van der Waals surface area contributed by atoms with Gasteiger partial charge in [-0.2, -0.15) is 5.10 Å². The molecule has 0 aliphatic heterocycles. The molecule has 6 rings (SSSR count). The van der Waals surface area contributed by atoms with Gasteiger partial charge in [0.05, 0.1) is 22.8 Å². The van der Waals surface area contributed by atoms with Crippen LogP contribution in [0.4, 0.5) is 5.69 Å². The molecule has 0 unspecified atom stereocenters. The van der Waals surface area contributed by atoms with Crippen molar-refractivity contribution in [3.8, 4) is 22.5 Å². The standard InChI is InChI=1S/C34H25N5/c35-34-30(25-14-18-27(19-15-25)32-11-5-7-21-37-32)22-28(23-33(34)39-38-29-8-2-1-3-9-29)24-12-16-26(17-13-24)31-10-4-6-20-36-31/h1-23,35,38H/b35-34?,39-33-. The minimum atomic E-state index is 0.359. The normalized spacial score (nSPS) is 14.1. The highest BCUT2D eigenvalue weighted by Crippen LogP contribution is 2.31. The summed E-state index contributed by atoms with van der Waals surface area (Å²) in [5.74, 6) is 0. The Hall–Kier alpha value is -5.42. The van der Waals surface area contributed by atoms with E-state index in [1.165, 1.54) is 0 Å². The zero-order valence-electron chi connectivity index (χ0n) is 21.1. The van der Waals surface area contributed by atoms with Crippen LogP contribution >= 0.6 is 0 Å². The Labute approximate surface area is 227 Å². The first-order valence-corrected chi connectivity index (χ1v) is 12.7. The van der Waals surface area contributed by atoms with Crippen LogP contribution in [0.3, 0.4) is 0 Å². The number of para-hydroxylation sites is 1. The Bertz CT molecular complexity index is 1690. The van der Waals surface area contributed by atoms with Crippen LogP contribution in [-0.2, 0) is 0 Å². The second-order valence-electron chi connectivity index (χ2n) is 9.09. The van der Waals surface area contributed by atoms with Gasteiger partial charge in [-0.25, -0.2) is 0 Å². The molecule has 0 atom stereocenters. The Balaban J connectivity index is 1.37. The first kappa shape index (κ1) is 23.9. The van der Waals surface area contributed by atoms with Crippen molar-refractivity contribution in [3.63, 3.8) is 0 Å². The zero-order chi connectivity index (χ0) is 26.4. The number of nitrogens with zero attached hydrogens (tertiary/aromatic N) is 3. The number of aromatic nitrogens is 2. The number of anilines is 1. The average Bonchev–Trinajstić information content (AvgIpc) is 3.02. The molecule has 0 amide bonds. The lowest BCUT2D eigenvalue weighted by molar-refractivity contribution is 1.32. The largest absolute Gasteiger partial charge is 0.298 e. The van der Waals surface area contributed by atoms with E-state index in [-0.39, 0.29) is 0 Å². The fourth-order valence-corrected chi connectivity index (χ4v) is 4.47. The van der Waals surface area contributed by atoms with E-state index < -0.39 is 0 Å². The molecule has 5 aromatic rings. The molecule has 0 radical (unpaired) electrons. The molecule has 0 saturated carbocycles. The van der Waals surface area contributed by atoms with Gasteiger partial charge in [-0.15, -0.1) is 0 Å². The minimum absolute atomic E-state index is 0.359. The van der Waals surface area contributed by atoms with Gasteiger partial charge in [0.1, 0.15) is 5.71 Å². The highest BCUT2D eigenvalue weighted by atomic mass is 15.3. The lowest BCUT2D eigenvalue weighted by Crippen LogP contribution is -2.18. The SMILES string of the molecule is N=C1C(c2ccc(-c3ccccn3)cc2)=CC(c2ccc(-c3ccccn3)cc2)=C/C1=N/Nc1ccccc1. The molecule has 1 aliphatic rings. The van der Waals surface area contributed by atoms with Crippen LogP contribution in [0.5, 0.6) is 0 Å². The van der Waals surface area contributed by atoms with Crippen LogP contribution in [0.1, 0.15) is 11.1 Å². The van der Waals surface area contributed by atoms with Gasteiger partial charge in [0.15, 0.2) is 0 Å². The molecule has 39 heavy (non-hydrogen) atoms. The van der Waals surface area contributed by atoms with E-state index in [1.807, 2.05) is 97.1 Å². The van der Waals surface area contributed by atoms with Crippen LogP contribution < -0.4 is 5.43 Å². The highest BCUT2D eigenvalue weighted by molar-refractivity contribution is 6.62. The number of rotatable bonds is 6. The highest BCUT2D eigenvalue weighted by Gasteiger charge is 2.20. The Kier molecular flexibility index (Phi) is 6.70. The Morgan fingerprint density at radius 1 is 0.538 bits per heavy atom. The van der Waals surface area contributed by atoms with E-state index in [9.17, 15) is 0 Å². The van der Waals surface area contributed by atoms with Crippen molar-refractivity contribution in [2.75, 3.05) is 5.43 Å². The van der Waals surface area contributed by atoms with E-state index in [2.05, 4.69) is 50.8 Å². The molecule has 186 valence electrons. The maximum absolute atomic E-state index is 9.02. The number of hydrogen-bond donors (Lipinski definition) is 2. The molecule has 0 bridgehead atoms. The van der Waals surface area contributed by atoms with Crippen molar-refractivity contribution in [2.24, 2.45) is 5.10 Å². The summed E-state index contributed by atoms with van der Waals surface area (Å²) in [4.78, 5) is 8.91. The van der Waals surface area contributed by atoms with E-state index in [4.69, 9.17) is 5.41 Å². The first-order chi connectivity index (χ1) is 19.2. The molecule has 2 N–H and O–H groups in total. The van der Waals surface area contributed by atoms with Gasteiger partial charge in [-0.1, -0.05) is 78.9 Å². The van der Waals surface area contributed by atoms with Crippen LogP contribution in [0, 0.1) is 5.41 Å².